The minimum absolute atomic E-state index is 0.0526. The fourth-order valence-electron chi connectivity index (χ4n) is 0.944. The van der Waals surface area contributed by atoms with Crippen molar-refractivity contribution in [2.45, 2.75) is 6.42 Å². The van der Waals surface area contributed by atoms with Gasteiger partial charge in [-0.2, -0.15) is 0 Å². The Labute approximate surface area is 69.6 Å². The summed E-state index contributed by atoms with van der Waals surface area (Å²) in [4.78, 5) is 3.98. The number of nitrogens with zero attached hydrogens (tertiary/aromatic N) is 1. The SMILES string of the molecule is C[PH+](C)CCc1ccncc1. The summed E-state index contributed by atoms with van der Waals surface area (Å²) < 4.78 is 0. The summed E-state index contributed by atoms with van der Waals surface area (Å²) >= 11 is 0. The van der Waals surface area contributed by atoms with Crippen molar-refractivity contribution in [3.05, 3.63) is 30.1 Å². The van der Waals surface area contributed by atoms with Crippen molar-refractivity contribution in [1.29, 1.82) is 0 Å². The van der Waals surface area contributed by atoms with Gasteiger partial charge in [-0.3, -0.25) is 4.98 Å². The van der Waals surface area contributed by atoms with Crippen LogP contribution >= 0.6 is 7.92 Å². The molecule has 0 fully saturated rings. The van der Waals surface area contributed by atoms with Crippen molar-refractivity contribution in [1.82, 2.24) is 4.98 Å². The Hall–Kier alpha value is -0.420. The summed E-state index contributed by atoms with van der Waals surface area (Å²) in [5.41, 5.74) is 1.42. The van der Waals surface area contributed by atoms with E-state index in [1.807, 2.05) is 12.4 Å². The molecule has 1 nitrogen and oxygen atoms in total. The molecule has 1 rings (SSSR count). The van der Waals surface area contributed by atoms with Crippen LogP contribution < -0.4 is 0 Å². The molecule has 0 bridgehead atoms. The van der Waals surface area contributed by atoms with Gasteiger partial charge >= 0.3 is 0 Å². The van der Waals surface area contributed by atoms with E-state index in [1.165, 1.54) is 18.1 Å². The van der Waals surface area contributed by atoms with Crippen LogP contribution in [-0.2, 0) is 6.42 Å². The Morgan fingerprint density at radius 1 is 1.27 bits per heavy atom. The fraction of sp³-hybridized carbons (Fsp3) is 0.444. The molecule has 0 aliphatic carbocycles. The summed E-state index contributed by atoms with van der Waals surface area (Å²) in [5, 5.41) is 0. The molecule has 1 aromatic heterocycles. The van der Waals surface area contributed by atoms with Gasteiger partial charge < -0.3 is 0 Å². The molecule has 0 aliphatic rings. The molecule has 0 aliphatic heterocycles. The topological polar surface area (TPSA) is 12.9 Å². The second-order valence-electron chi connectivity index (χ2n) is 3.06. The Morgan fingerprint density at radius 2 is 1.91 bits per heavy atom. The standard InChI is InChI=1S/C9H14NP/c1-11(2)8-5-9-3-6-10-7-4-9/h3-4,6-7H,5,8H2,1-2H3/p+1. The summed E-state index contributed by atoms with van der Waals surface area (Å²) in [5.74, 6) is 0. The van der Waals surface area contributed by atoms with Gasteiger partial charge in [0.1, 0.15) is 0 Å². The maximum absolute atomic E-state index is 3.98. The fourth-order valence-corrected chi connectivity index (χ4v) is 1.73. The van der Waals surface area contributed by atoms with Crippen LogP contribution in [0.15, 0.2) is 24.5 Å². The molecular weight excluding hydrogens is 153 g/mol. The normalized spacial score (nSPS) is 10.5. The predicted molar refractivity (Wildman–Crippen MR) is 53.0 cm³/mol. The lowest BCUT2D eigenvalue weighted by Crippen LogP contribution is -1.89. The molecule has 1 heterocycles. The number of aryl methyl sites for hydroxylation is 1. The lowest BCUT2D eigenvalue weighted by atomic mass is 10.2. The number of hydrogen-bond donors (Lipinski definition) is 0. The van der Waals surface area contributed by atoms with Crippen LogP contribution in [0.4, 0.5) is 0 Å². The molecule has 0 amide bonds. The Balaban J connectivity index is 2.39. The second-order valence-corrected chi connectivity index (χ2v) is 5.98. The first kappa shape index (κ1) is 8.67. The molecule has 60 valence electrons. The first-order valence-electron chi connectivity index (χ1n) is 3.97. The predicted octanol–water partition coefficient (Wildman–Crippen LogP) is 2.10. The van der Waals surface area contributed by atoms with Crippen molar-refractivity contribution in [3.8, 4) is 0 Å². The van der Waals surface area contributed by atoms with E-state index in [9.17, 15) is 0 Å². The highest BCUT2D eigenvalue weighted by atomic mass is 31.1. The first-order chi connectivity index (χ1) is 5.29. The van der Waals surface area contributed by atoms with Crippen LogP contribution in [0.1, 0.15) is 5.56 Å². The smallest absolute Gasteiger partial charge is 0.0606 e. The molecule has 2 heteroatoms. The first-order valence-corrected chi connectivity index (χ1v) is 6.67. The minimum Gasteiger partial charge on any atom is -0.265 e. The van der Waals surface area contributed by atoms with Gasteiger partial charge in [0.05, 0.1) is 6.16 Å². The molecule has 0 N–H and O–H groups in total. The number of pyridine rings is 1. The third-order valence-corrected chi connectivity index (χ3v) is 2.91. The van der Waals surface area contributed by atoms with E-state index < -0.39 is 0 Å². The van der Waals surface area contributed by atoms with Crippen molar-refractivity contribution in [2.75, 3.05) is 19.5 Å². The van der Waals surface area contributed by atoms with Gasteiger partial charge in [-0.25, -0.2) is 0 Å². The average molecular weight is 168 g/mol. The third kappa shape index (κ3) is 3.48. The van der Waals surface area contributed by atoms with Gasteiger partial charge in [0.15, 0.2) is 0 Å². The zero-order valence-corrected chi connectivity index (χ0v) is 8.17. The average Bonchev–Trinajstić information content (AvgIpc) is 2.03. The van der Waals surface area contributed by atoms with Crippen LogP contribution in [0.5, 0.6) is 0 Å². The van der Waals surface area contributed by atoms with E-state index in [0.717, 1.165) is 0 Å². The van der Waals surface area contributed by atoms with Crippen molar-refractivity contribution in [2.24, 2.45) is 0 Å². The third-order valence-electron chi connectivity index (χ3n) is 1.66. The van der Waals surface area contributed by atoms with Gasteiger partial charge in [-0.15, -0.1) is 0 Å². The molecule has 1 aromatic rings. The number of hydrogen-bond acceptors (Lipinski definition) is 1. The van der Waals surface area contributed by atoms with Crippen molar-refractivity contribution < 1.29 is 0 Å². The highest BCUT2D eigenvalue weighted by Gasteiger charge is 1.99. The summed E-state index contributed by atoms with van der Waals surface area (Å²) in [6, 6.07) is 4.20. The Kier molecular flexibility index (Phi) is 3.51. The maximum atomic E-state index is 3.98. The lowest BCUT2D eigenvalue weighted by molar-refractivity contribution is 1.12. The minimum atomic E-state index is -0.0526. The van der Waals surface area contributed by atoms with E-state index >= 15 is 0 Å². The van der Waals surface area contributed by atoms with Crippen LogP contribution in [-0.4, -0.2) is 24.5 Å². The van der Waals surface area contributed by atoms with Gasteiger partial charge in [-0.05, 0) is 25.6 Å². The summed E-state index contributed by atoms with van der Waals surface area (Å²) in [7, 11) is -0.0526. The molecule has 0 saturated heterocycles. The zero-order chi connectivity index (χ0) is 8.10. The van der Waals surface area contributed by atoms with Gasteiger partial charge in [0.25, 0.3) is 0 Å². The molecular formula is C9H15NP+. The number of aromatic nitrogens is 1. The van der Waals surface area contributed by atoms with Gasteiger partial charge in [-0.1, -0.05) is 0 Å². The second kappa shape index (κ2) is 4.46. The molecule has 0 aromatic carbocycles. The lowest BCUT2D eigenvalue weighted by Gasteiger charge is -1.98. The monoisotopic (exact) mass is 168 g/mol. The van der Waals surface area contributed by atoms with Gasteiger partial charge in [0, 0.05) is 32.1 Å². The van der Waals surface area contributed by atoms with Crippen molar-refractivity contribution in [3.63, 3.8) is 0 Å². The highest BCUT2D eigenvalue weighted by Crippen LogP contribution is 2.24. The summed E-state index contributed by atoms with van der Waals surface area (Å²) in [6.07, 6.45) is 6.33. The zero-order valence-electron chi connectivity index (χ0n) is 7.17. The van der Waals surface area contributed by atoms with E-state index in [4.69, 9.17) is 0 Å². The van der Waals surface area contributed by atoms with Crippen molar-refractivity contribution >= 4 is 7.92 Å². The van der Waals surface area contributed by atoms with E-state index in [-0.39, 0.29) is 7.92 Å². The van der Waals surface area contributed by atoms with Crippen LogP contribution in [0.25, 0.3) is 0 Å². The highest BCUT2D eigenvalue weighted by molar-refractivity contribution is 7.55. The van der Waals surface area contributed by atoms with Crippen LogP contribution in [0.3, 0.4) is 0 Å². The Morgan fingerprint density at radius 3 is 2.45 bits per heavy atom. The van der Waals surface area contributed by atoms with E-state index in [1.54, 1.807) is 0 Å². The maximum Gasteiger partial charge on any atom is 0.0606 e. The molecule has 11 heavy (non-hydrogen) atoms. The van der Waals surface area contributed by atoms with E-state index in [2.05, 4.69) is 30.4 Å². The van der Waals surface area contributed by atoms with Gasteiger partial charge in [0.2, 0.25) is 0 Å². The molecule has 0 atom stereocenters. The molecule has 0 spiro atoms. The number of rotatable bonds is 3. The quantitative estimate of drug-likeness (QED) is 0.630. The molecule has 0 radical (unpaired) electrons. The molecule has 0 unspecified atom stereocenters. The summed E-state index contributed by atoms with van der Waals surface area (Å²) in [6.45, 7) is 4.71. The van der Waals surface area contributed by atoms with Crippen LogP contribution in [0, 0.1) is 0 Å². The van der Waals surface area contributed by atoms with E-state index in [0.29, 0.717) is 0 Å². The van der Waals surface area contributed by atoms with Crippen LogP contribution in [0.2, 0.25) is 0 Å². The molecule has 0 saturated carbocycles. The largest absolute Gasteiger partial charge is 0.265 e. The Bertz CT molecular complexity index is 196.